The molecule has 172 valence electrons. The van der Waals surface area contributed by atoms with Gasteiger partial charge in [0.1, 0.15) is 11.9 Å². The van der Waals surface area contributed by atoms with Crippen LogP contribution in [0.4, 0.5) is 0 Å². The van der Waals surface area contributed by atoms with E-state index in [1.807, 2.05) is 24.3 Å². The Hall–Kier alpha value is -2.63. The highest BCUT2D eigenvalue weighted by atomic mass is 35.5. The molecule has 3 fully saturated rings. The summed E-state index contributed by atoms with van der Waals surface area (Å²) in [7, 11) is 1.66. The predicted octanol–water partition coefficient (Wildman–Crippen LogP) is 5.92. The van der Waals surface area contributed by atoms with E-state index in [1.165, 1.54) is 12.8 Å². The summed E-state index contributed by atoms with van der Waals surface area (Å²) in [6, 6.07) is 14.9. The number of pyridine rings is 1. The van der Waals surface area contributed by atoms with Crippen LogP contribution in [0.25, 0.3) is 10.9 Å². The molecule has 6 heteroatoms. The normalized spacial score (nSPS) is 25.1. The minimum absolute atomic E-state index is 0.139. The summed E-state index contributed by atoms with van der Waals surface area (Å²) in [4.78, 5) is 20.3. The highest BCUT2D eigenvalue weighted by Gasteiger charge is 2.44. The van der Waals surface area contributed by atoms with Crippen LogP contribution in [-0.4, -0.2) is 42.1 Å². The zero-order chi connectivity index (χ0) is 22.9. The Bertz CT molecular complexity index is 1150. The Labute approximate surface area is 199 Å². The quantitative estimate of drug-likeness (QED) is 0.424. The Balaban J connectivity index is 1.55. The molecule has 6 rings (SSSR count). The molecule has 2 bridgehead atoms. The molecule has 4 heterocycles. The standard InChI is InChI=1S/C27H29ClN2O3/c1-3-17-16-30-13-11-19(17)14-25(30)26(33-27(31)18-4-6-20(28)7-5-18)22-10-12-29-24-9-8-21(32-2)15-23(22)24/h4-10,12,15,17,19,25-26H,3,11,13-14,16H2,1-2H3/t17?,19?,25?,26-/m0/s1. The first kappa shape index (κ1) is 22.2. The van der Waals surface area contributed by atoms with Crippen LogP contribution < -0.4 is 4.74 Å². The third-order valence-corrected chi connectivity index (χ3v) is 7.66. The van der Waals surface area contributed by atoms with E-state index in [9.17, 15) is 4.79 Å². The summed E-state index contributed by atoms with van der Waals surface area (Å²) in [5, 5.41) is 1.55. The second kappa shape index (κ2) is 9.32. The molecule has 0 N–H and O–H groups in total. The van der Waals surface area contributed by atoms with Gasteiger partial charge in [-0.05, 0) is 79.8 Å². The van der Waals surface area contributed by atoms with Crippen molar-refractivity contribution in [2.75, 3.05) is 20.2 Å². The van der Waals surface area contributed by atoms with Crippen molar-refractivity contribution < 1.29 is 14.3 Å². The van der Waals surface area contributed by atoms with E-state index in [1.54, 1.807) is 37.6 Å². The van der Waals surface area contributed by atoms with E-state index in [2.05, 4.69) is 16.8 Å². The van der Waals surface area contributed by atoms with Crippen molar-refractivity contribution in [1.82, 2.24) is 9.88 Å². The fourth-order valence-corrected chi connectivity index (χ4v) is 5.72. The van der Waals surface area contributed by atoms with Gasteiger partial charge < -0.3 is 9.47 Å². The number of aromatic nitrogens is 1. The highest BCUT2D eigenvalue weighted by Crippen LogP contribution is 2.44. The van der Waals surface area contributed by atoms with Crippen molar-refractivity contribution in [1.29, 1.82) is 0 Å². The smallest absolute Gasteiger partial charge is 0.338 e. The van der Waals surface area contributed by atoms with E-state index >= 15 is 0 Å². The molecular weight excluding hydrogens is 436 g/mol. The van der Waals surface area contributed by atoms with Crippen LogP contribution in [0.1, 0.15) is 48.2 Å². The molecule has 33 heavy (non-hydrogen) atoms. The Morgan fingerprint density at radius 1 is 1.21 bits per heavy atom. The van der Waals surface area contributed by atoms with Crippen LogP contribution in [0.2, 0.25) is 5.02 Å². The van der Waals surface area contributed by atoms with Gasteiger partial charge in [-0.15, -0.1) is 0 Å². The highest BCUT2D eigenvalue weighted by molar-refractivity contribution is 6.30. The van der Waals surface area contributed by atoms with Crippen molar-refractivity contribution in [2.24, 2.45) is 11.8 Å². The molecule has 0 amide bonds. The van der Waals surface area contributed by atoms with Crippen molar-refractivity contribution >= 4 is 28.5 Å². The summed E-state index contributed by atoms with van der Waals surface area (Å²) in [6.07, 6.45) is 4.85. The lowest BCUT2D eigenvalue weighted by Crippen LogP contribution is -2.55. The monoisotopic (exact) mass is 464 g/mol. The number of carbonyl (C=O) groups is 1. The number of ether oxygens (including phenoxy) is 2. The summed E-state index contributed by atoms with van der Waals surface area (Å²) >= 11 is 6.03. The Morgan fingerprint density at radius 3 is 2.73 bits per heavy atom. The van der Waals surface area contributed by atoms with E-state index in [4.69, 9.17) is 21.1 Å². The van der Waals surface area contributed by atoms with Crippen LogP contribution in [0.15, 0.2) is 54.7 Å². The number of fused-ring (bicyclic) bond motifs is 4. The fraction of sp³-hybridized carbons (Fsp3) is 0.407. The number of halogens is 1. The second-order valence-corrected chi connectivity index (χ2v) is 9.57. The Kier molecular flexibility index (Phi) is 6.26. The molecule has 3 aliphatic rings. The average molecular weight is 465 g/mol. The number of hydrogen-bond donors (Lipinski definition) is 0. The fourth-order valence-electron chi connectivity index (χ4n) is 5.60. The first-order chi connectivity index (χ1) is 16.1. The maximum Gasteiger partial charge on any atom is 0.338 e. The molecule has 3 aromatic rings. The summed E-state index contributed by atoms with van der Waals surface area (Å²) < 4.78 is 11.8. The molecule has 0 radical (unpaired) electrons. The van der Waals surface area contributed by atoms with Crippen LogP contribution in [-0.2, 0) is 4.74 Å². The van der Waals surface area contributed by atoms with Crippen molar-refractivity contribution in [3.63, 3.8) is 0 Å². The summed E-state index contributed by atoms with van der Waals surface area (Å²) in [5.74, 6) is 1.82. The van der Waals surface area contributed by atoms with Crippen LogP contribution >= 0.6 is 11.6 Å². The minimum atomic E-state index is -0.397. The lowest BCUT2D eigenvalue weighted by molar-refractivity contribution is -0.0659. The van der Waals surface area contributed by atoms with Gasteiger partial charge in [0.15, 0.2) is 0 Å². The number of methoxy groups -OCH3 is 1. The van der Waals surface area contributed by atoms with Gasteiger partial charge in [-0.3, -0.25) is 9.88 Å². The van der Waals surface area contributed by atoms with Gasteiger partial charge in [-0.2, -0.15) is 0 Å². The second-order valence-electron chi connectivity index (χ2n) is 9.13. The molecule has 0 spiro atoms. The van der Waals surface area contributed by atoms with Gasteiger partial charge in [0, 0.05) is 28.7 Å². The number of carbonyl (C=O) groups excluding carboxylic acids is 1. The molecule has 3 saturated heterocycles. The number of hydrogen-bond acceptors (Lipinski definition) is 5. The number of esters is 1. The van der Waals surface area contributed by atoms with E-state index in [-0.39, 0.29) is 12.0 Å². The molecule has 3 aliphatic heterocycles. The van der Waals surface area contributed by atoms with E-state index in [0.717, 1.165) is 47.6 Å². The first-order valence-corrected chi connectivity index (χ1v) is 12.1. The predicted molar refractivity (Wildman–Crippen MR) is 130 cm³/mol. The zero-order valence-electron chi connectivity index (χ0n) is 19.0. The number of piperidine rings is 3. The van der Waals surface area contributed by atoms with Gasteiger partial charge in [-0.1, -0.05) is 24.9 Å². The number of rotatable bonds is 6. The molecule has 0 saturated carbocycles. The molecule has 5 nitrogen and oxygen atoms in total. The van der Waals surface area contributed by atoms with Gasteiger partial charge >= 0.3 is 5.97 Å². The van der Waals surface area contributed by atoms with Crippen molar-refractivity contribution in [2.45, 2.75) is 38.3 Å². The maximum absolute atomic E-state index is 13.2. The maximum atomic E-state index is 13.2. The van der Waals surface area contributed by atoms with E-state index in [0.29, 0.717) is 16.5 Å². The molecule has 1 aromatic heterocycles. The minimum Gasteiger partial charge on any atom is -0.497 e. The largest absolute Gasteiger partial charge is 0.497 e. The lowest BCUT2D eigenvalue weighted by Gasteiger charge is -2.51. The SMILES string of the molecule is CCC1CN2CCC1CC2[C@@H](OC(=O)c1ccc(Cl)cc1)c1ccnc2ccc(OC)cc12. The summed E-state index contributed by atoms with van der Waals surface area (Å²) in [5.41, 5.74) is 2.35. The molecular formula is C27H29ClN2O3. The first-order valence-electron chi connectivity index (χ1n) is 11.7. The van der Waals surface area contributed by atoms with Crippen LogP contribution in [0.5, 0.6) is 5.75 Å². The third-order valence-electron chi connectivity index (χ3n) is 7.41. The molecule has 5 atom stereocenters. The van der Waals surface area contributed by atoms with Gasteiger partial charge in [0.05, 0.1) is 24.2 Å². The van der Waals surface area contributed by atoms with Gasteiger partial charge in [0.2, 0.25) is 0 Å². The van der Waals surface area contributed by atoms with Crippen molar-refractivity contribution in [3.8, 4) is 5.75 Å². The Morgan fingerprint density at radius 2 is 2.03 bits per heavy atom. The molecule has 4 unspecified atom stereocenters. The van der Waals surface area contributed by atoms with Gasteiger partial charge in [-0.25, -0.2) is 4.79 Å². The number of nitrogens with zero attached hydrogens (tertiary/aromatic N) is 2. The molecule has 2 aromatic carbocycles. The third kappa shape index (κ3) is 4.32. The zero-order valence-corrected chi connectivity index (χ0v) is 19.8. The van der Waals surface area contributed by atoms with Crippen LogP contribution in [0, 0.1) is 11.8 Å². The summed E-state index contributed by atoms with van der Waals surface area (Å²) in [6.45, 7) is 4.39. The number of benzene rings is 2. The van der Waals surface area contributed by atoms with Crippen molar-refractivity contribution in [3.05, 3.63) is 70.9 Å². The molecule has 0 aliphatic carbocycles. The topological polar surface area (TPSA) is 51.7 Å². The van der Waals surface area contributed by atoms with Crippen LogP contribution in [0.3, 0.4) is 0 Å². The lowest BCUT2D eigenvalue weighted by atomic mass is 9.72. The van der Waals surface area contributed by atoms with E-state index < -0.39 is 6.10 Å². The van der Waals surface area contributed by atoms with Gasteiger partial charge in [0.25, 0.3) is 0 Å². The average Bonchev–Trinajstić information content (AvgIpc) is 2.87.